The first kappa shape index (κ1) is 67.1. The van der Waals surface area contributed by atoms with Crippen LogP contribution < -0.4 is 21.3 Å². The molecule has 0 unspecified atom stereocenters. The Morgan fingerprint density at radius 2 is 1.22 bits per heavy atom. The van der Waals surface area contributed by atoms with E-state index < -0.39 is 138 Å². The van der Waals surface area contributed by atoms with Crippen LogP contribution >= 0.6 is 0 Å². The lowest BCUT2D eigenvalue weighted by Crippen LogP contribution is -2.62. The van der Waals surface area contributed by atoms with Gasteiger partial charge in [-0.25, -0.2) is 0 Å². The summed E-state index contributed by atoms with van der Waals surface area (Å²) in [6.07, 6.45) is 0.780. The summed E-state index contributed by atoms with van der Waals surface area (Å²) in [6.45, 7) is 18.8. The molecule has 2 saturated heterocycles. The van der Waals surface area contributed by atoms with Crippen molar-refractivity contribution in [1.82, 2.24) is 50.7 Å². The van der Waals surface area contributed by atoms with Crippen molar-refractivity contribution < 1.29 is 57.8 Å². The first-order chi connectivity index (χ1) is 36.8. The molecule has 22 nitrogen and oxygen atoms in total. The van der Waals surface area contributed by atoms with Gasteiger partial charge in [0, 0.05) is 54.7 Å². The summed E-state index contributed by atoms with van der Waals surface area (Å²) in [4.78, 5) is 153. The first-order valence-corrected chi connectivity index (χ1v) is 28.0. The zero-order chi connectivity index (χ0) is 59.8. The van der Waals surface area contributed by atoms with Crippen LogP contribution in [0.1, 0.15) is 127 Å². The van der Waals surface area contributed by atoms with Crippen LogP contribution in [0.2, 0.25) is 0 Å². The molecule has 0 spiro atoms. The van der Waals surface area contributed by atoms with Gasteiger partial charge in [0.1, 0.15) is 48.3 Å². The van der Waals surface area contributed by atoms with Crippen molar-refractivity contribution in [2.24, 2.45) is 17.8 Å². The molecular formula is C57H94N10O12. The number of aliphatic hydroxyl groups excluding tert-OH is 1. The summed E-state index contributed by atoms with van der Waals surface area (Å²) < 4.78 is 6.09. The van der Waals surface area contributed by atoms with Gasteiger partial charge in [-0.1, -0.05) is 78.3 Å². The number of rotatable bonds is 12. The average Bonchev–Trinajstić information content (AvgIpc) is 3.40. The first-order valence-electron chi connectivity index (χ1n) is 28.0. The lowest BCUT2D eigenvalue weighted by Gasteiger charge is -2.37. The maximum atomic E-state index is 14.9. The monoisotopic (exact) mass is 1110 g/mol. The van der Waals surface area contributed by atoms with E-state index in [0.29, 0.717) is 37.9 Å². The highest BCUT2D eigenvalue weighted by atomic mass is 16.5. The van der Waals surface area contributed by atoms with Gasteiger partial charge in [-0.05, 0) is 90.0 Å². The number of amides is 10. The van der Waals surface area contributed by atoms with Gasteiger partial charge < -0.3 is 60.5 Å². The molecule has 2 aliphatic heterocycles. The third-order valence-corrected chi connectivity index (χ3v) is 14.8. The Morgan fingerprint density at radius 1 is 0.671 bits per heavy atom. The lowest BCUT2D eigenvalue weighted by molar-refractivity contribution is -0.150. The Kier molecular flexibility index (Phi) is 25.9. The second-order valence-electron chi connectivity index (χ2n) is 23.5. The van der Waals surface area contributed by atoms with Crippen molar-refractivity contribution in [1.29, 1.82) is 0 Å². The van der Waals surface area contributed by atoms with E-state index in [1.54, 1.807) is 62.9 Å². The van der Waals surface area contributed by atoms with Crippen LogP contribution in [0.3, 0.4) is 0 Å². The fourth-order valence-electron chi connectivity index (χ4n) is 9.83. The number of hydrogen-bond donors (Lipinski definition) is 5. The molecule has 0 aromatic heterocycles. The highest BCUT2D eigenvalue weighted by Crippen LogP contribution is 2.22. The third-order valence-electron chi connectivity index (χ3n) is 14.8. The van der Waals surface area contributed by atoms with E-state index >= 15 is 0 Å². The van der Waals surface area contributed by atoms with Crippen LogP contribution in [0.15, 0.2) is 30.3 Å². The Bertz CT molecular complexity index is 2270. The number of nitrogens with one attached hydrogen (secondary N) is 4. The number of nitrogens with zero attached hydrogens (tertiary/aromatic N) is 6. The smallest absolute Gasteiger partial charge is 0.248 e. The van der Waals surface area contributed by atoms with Crippen LogP contribution in [-0.2, 0) is 59.1 Å². The number of carbonyl (C=O) groups excluding carboxylic acids is 10. The molecule has 444 valence electrons. The van der Waals surface area contributed by atoms with Gasteiger partial charge in [0.2, 0.25) is 59.1 Å². The molecule has 0 saturated carbocycles. The molecular weight excluding hydrogens is 1020 g/mol. The number of likely N-dealkylation sites (tertiary alicyclic amines) is 1. The van der Waals surface area contributed by atoms with E-state index in [0.717, 1.165) is 11.3 Å². The summed E-state index contributed by atoms with van der Waals surface area (Å²) in [6, 6.07) is -1.77. The molecule has 1 aromatic rings. The Morgan fingerprint density at radius 3 is 1.75 bits per heavy atom. The predicted octanol–water partition coefficient (Wildman–Crippen LogP) is 1.71. The van der Waals surface area contributed by atoms with E-state index in [9.17, 15) is 53.1 Å². The molecule has 0 aliphatic carbocycles. The number of piperidine rings is 1. The maximum absolute atomic E-state index is 14.9. The van der Waals surface area contributed by atoms with E-state index in [2.05, 4.69) is 21.3 Å². The molecule has 22 heteroatoms. The van der Waals surface area contributed by atoms with E-state index in [1.165, 1.54) is 68.7 Å². The fraction of sp³-hybridized carbons (Fsp3) is 0.719. The molecule has 10 amide bonds. The number of likely N-dealkylation sites (N-methyl/N-ethyl adjacent to an activating group) is 5. The SMILES string of the molecule is CC[C@H](C)[C@H]1C(=O)N[C@H](C(=O)N2CCCCC2)CC(=O)N[C@@H](C)C(=O)N(C)[C@@H](Cc2ccccc2)C(=O)N(C)[C@@H](CC(C)C)C(=O)N[C@@H]([C@@H](C)O)C(=O)N(C)CC(=O)N(C)[C@@H](CC(C)C)C(=O)N[C@@H](COC(C)(C)C)C(=O)N1C. The second-order valence-corrected chi connectivity index (χ2v) is 23.5. The van der Waals surface area contributed by atoms with Gasteiger partial charge in [-0.15, -0.1) is 0 Å². The molecule has 2 aliphatic rings. The highest BCUT2D eigenvalue weighted by Gasteiger charge is 2.42. The van der Waals surface area contributed by atoms with Crippen molar-refractivity contribution in [3.05, 3.63) is 35.9 Å². The normalized spacial score (nSPS) is 26.1. The molecule has 5 N–H and O–H groups in total. The summed E-state index contributed by atoms with van der Waals surface area (Å²) in [5.41, 5.74) is -0.129. The minimum Gasteiger partial charge on any atom is -0.391 e. The Balaban J connectivity index is 2.29. The van der Waals surface area contributed by atoms with Crippen molar-refractivity contribution in [2.45, 2.75) is 188 Å². The summed E-state index contributed by atoms with van der Waals surface area (Å²) in [5.74, 6) is -8.06. The van der Waals surface area contributed by atoms with Crippen molar-refractivity contribution in [2.75, 3.05) is 61.5 Å². The topological polar surface area (TPSA) is 268 Å². The average molecular weight is 1110 g/mol. The third kappa shape index (κ3) is 19.6. The summed E-state index contributed by atoms with van der Waals surface area (Å²) >= 11 is 0. The Labute approximate surface area is 468 Å². The van der Waals surface area contributed by atoms with Gasteiger partial charge in [-0.2, -0.15) is 0 Å². The largest absolute Gasteiger partial charge is 0.391 e. The standard InChI is InChI=1S/C57H94N10O12/c1-17-36(6)48-51(73)59-40(54(76)67-26-22-19-23-27-67)31-45(69)58-37(7)52(74)65(15)44(30-39-24-20-18-21-25-39)55(77)64(14)43(29-35(4)5)50(72)61-47(38(8)68)56(78)62(12)32-46(70)63(13)42(28-34(2)3)49(71)60-41(53(75)66(48)16)33-79-57(9,10)11/h18,20-21,24-25,34-38,40-44,47-48,68H,17,19,22-23,26-33H2,1-16H3,(H,58,69)(H,59,73)(H,60,71)(H,61,72)/t36-,37-,38+,40-,41-,42-,43-,44-,47-,48-/m0/s1. The predicted molar refractivity (Wildman–Crippen MR) is 298 cm³/mol. The number of benzene rings is 1. The molecule has 0 radical (unpaired) electrons. The van der Waals surface area contributed by atoms with Crippen LogP contribution in [0.25, 0.3) is 0 Å². The van der Waals surface area contributed by atoms with Crippen LogP contribution in [0.5, 0.6) is 0 Å². The molecule has 1 aromatic carbocycles. The number of hydrogen-bond acceptors (Lipinski definition) is 12. The van der Waals surface area contributed by atoms with Crippen LogP contribution in [0.4, 0.5) is 0 Å². The quantitative estimate of drug-likeness (QED) is 0.200. The maximum Gasteiger partial charge on any atom is 0.248 e. The van der Waals surface area contributed by atoms with E-state index in [-0.39, 0.29) is 37.7 Å². The minimum atomic E-state index is -1.60. The van der Waals surface area contributed by atoms with Crippen molar-refractivity contribution >= 4 is 59.1 Å². The highest BCUT2D eigenvalue weighted by molar-refractivity contribution is 5.99. The molecule has 2 fully saturated rings. The van der Waals surface area contributed by atoms with Crippen LogP contribution in [0, 0.1) is 17.8 Å². The summed E-state index contributed by atoms with van der Waals surface area (Å²) in [7, 11) is 6.92. The number of ether oxygens (including phenoxy) is 1. The van der Waals surface area contributed by atoms with E-state index in [1.807, 2.05) is 34.6 Å². The van der Waals surface area contributed by atoms with Gasteiger partial charge in [0.05, 0.1) is 31.3 Å². The van der Waals surface area contributed by atoms with Crippen LogP contribution in [-0.4, -0.2) is 215 Å². The number of aliphatic hydroxyl groups is 1. The van der Waals surface area contributed by atoms with Gasteiger partial charge in [0.15, 0.2) is 0 Å². The van der Waals surface area contributed by atoms with E-state index in [4.69, 9.17) is 4.74 Å². The fourth-order valence-corrected chi connectivity index (χ4v) is 9.83. The molecule has 3 rings (SSSR count). The summed E-state index contributed by atoms with van der Waals surface area (Å²) in [5, 5.41) is 22.0. The lowest BCUT2D eigenvalue weighted by atomic mass is 9.95. The molecule has 10 atom stereocenters. The Hall–Kier alpha value is -6.16. The van der Waals surface area contributed by atoms with Crippen molar-refractivity contribution in [3.63, 3.8) is 0 Å². The molecule has 0 bridgehead atoms. The van der Waals surface area contributed by atoms with Crippen molar-refractivity contribution in [3.8, 4) is 0 Å². The van der Waals surface area contributed by atoms with Gasteiger partial charge >= 0.3 is 0 Å². The minimum absolute atomic E-state index is 0.0121. The molecule has 2 heterocycles. The zero-order valence-corrected chi connectivity index (χ0v) is 49.9. The number of carbonyl (C=O) groups is 10. The zero-order valence-electron chi connectivity index (χ0n) is 49.9. The van der Waals surface area contributed by atoms with Gasteiger partial charge in [-0.3, -0.25) is 47.9 Å². The second kappa shape index (κ2) is 30.4. The molecule has 79 heavy (non-hydrogen) atoms. The van der Waals surface area contributed by atoms with Gasteiger partial charge in [0.25, 0.3) is 0 Å².